The number of alkyl halides is 3. The van der Waals surface area contributed by atoms with Gasteiger partial charge >= 0.3 is 6.36 Å². The highest BCUT2D eigenvalue weighted by atomic mass is 19.4. The van der Waals surface area contributed by atoms with Crippen LogP contribution in [-0.2, 0) is 6.42 Å². The second-order valence-electron chi connectivity index (χ2n) is 6.95. The van der Waals surface area contributed by atoms with Gasteiger partial charge in [-0.2, -0.15) is 0 Å². The molecular weight excluding hydrogens is 369 g/mol. The monoisotopic (exact) mass is 394 g/mol. The van der Waals surface area contributed by atoms with Crippen LogP contribution in [0.25, 0.3) is 0 Å². The fraction of sp³-hybridized carbons (Fsp3) is 0.429. The lowest BCUT2D eigenvalue weighted by Crippen LogP contribution is -2.44. The molecule has 2 aromatic rings. The summed E-state index contributed by atoms with van der Waals surface area (Å²) in [6, 6.07) is 14.2. The van der Waals surface area contributed by atoms with Crippen LogP contribution < -0.4 is 15.3 Å². The minimum Gasteiger partial charge on any atom is -0.494 e. The first-order valence-corrected chi connectivity index (χ1v) is 9.45. The Bertz CT molecular complexity index is 768. The molecule has 0 spiro atoms. The summed E-state index contributed by atoms with van der Waals surface area (Å²) in [5.74, 6) is 6.80. The molecule has 2 N–H and O–H groups in total. The highest BCUT2D eigenvalue weighted by Crippen LogP contribution is 2.39. The fourth-order valence-corrected chi connectivity index (χ4v) is 3.92. The molecule has 28 heavy (non-hydrogen) atoms. The van der Waals surface area contributed by atoms with Crippen LogP contribution in [0.3, 0.4) is 0 Å². The number of hydrogen-bond acceptors (Lipinski definition) is 4. The normalized spacial score (nSPS) is 20.8. The summed E-state index contributed by atoms with van der Waals surface area (Å²) in [5.41, 5.74) is 1.81. The topological polar surface area (TPSA) is 47.7 Å². The van der Waals surface area contributed by atoms with E-state index in [1.807, 2.05) is 42.3 Å². The van der Waals surface area contributed by atoms with E-state index in [4.69, 9.17) is 10.6 Å². The van der Waals surface area contributed by atoms with Crippen molar-refractivity contribution in [1.29, 1.82) is 0 Å². The van der Waals surface area contributed by atoms with E-state index in [1.165, 1.54) is 12.1 Å². The zero-order valence-corrected chi connectivity index (χ0v) is 15.8. The predicted molar refractivity (Wildman–Crippen MR) is 101 cm³/mol. The number of rotatable bonds is 6. The van der Waals surface area contributed by atoms with Crippen LogP contribution in [0.5, 0.6) is 11.5 Å². The molecule has 0 radical (unpaired) electrons. The summed E-state index contributed by atoms with van der Waals surface area (Å²) in [4.78, 5) is 0. The van der Waals surface area contributed by atoms with E-state index >= 15 is 0 Å². The Morgan fingerprint density at radius 3 is 2.57 bits per heavy atom. The van der Waals surface area contributed by atoms with Crippen LogP contribution in [-0.4, -0.2) is 24.5 Å². The van der Waals surface area contributed by atoms with Gasteiger partial charge in [0, 0.05) is 6.54 Å². The quantitative estimate of drug-likeness (QED) is 0.712. The zero-order chi connectivity index (χ0) is 20.1. The maximum Gasteiger partial charge on any atom is 0.573 e. The Morgan fingerprint density at radius 2 is 1.89 bits per heavy atom. The third-order valence-electron chi connectivity index (χ3n) is 4.98. The Balaban J connectivity index is 1.89. The minimum atomic E-state index is -4.73. The van der Waals surface area contributed by atoms with E-state index in [-0.39, 0.29) is 17.7 Å². The van der Waals surface area contributed by atoms with Crippen LogP contribution in [0, 0.1) is 5.92 Å². The maximum absolute atomic E-state index is 12.6. The highest BCUT2D eigenvalue weighted by molar-refractivity contribution is 5.41. The average molecular weight is 394 g/mol. The molecule has 0 aliphatic carbocycles. The summed E-state index contributed by atoms with van der Waals surface area (Å²) in [7, 11) is 0. The molecule has 0 saturated carbocycles. The molecular formula is C21H25F3N2O2. The third-order valence-corrected chi connectivity index (χ3v) is 4.98. The van der Waals surface area contributed by atoms with Crippen LogP contribution in [0.15, 0.2) is 48.5 Å². The molecule has 0 unspecified atom stereocenters. The summed E-state index contributed by atoms with van der Waals surface area (Å²) < 4.78 is 47.7. The zero-order valence-electron chi connectivity index (χ0n) is 15.8. The molecule has 1 fully saturated rings. The fourth-order valence-electron chi connectivity index (χ4n) is 3.92. The van der Waals surface area contributed by atoms with Crippen molar-refractivity contribution >= 4 is 0 Å². The lowest BCUT2D eigenvalue weighted by atomic mass is 9.81. The molecule has 3 rings (SSSR count). The van der Waals surface area contributed by atoms with Gasteiger partial charge in [-0.1, -0.05) is 30.3 Å². The SMILES string of the molecule is CCOc1ccc(OC(F)(F)F)cc1C[C@@H]1CCCN(N)[C@@H]1c1ccccc1. The Labute approximate surface area is 163 Å². The van der Waals surface area contributed by atoms with Crippen LogP contribution in [0.2, 0.25) is 0 Å². The Hall–Kier alpha value is -2.25. The lowest BCUT2D eigenvalue weighted by molar-refractivity contribution is -0.274. The highest BCUT2D eigenvalue weighted by Gasteiger charge is 2.33. The van der Waals surface area contributed by atoms with Gasteiger partial charge in [-0.25, -0.2) is 5.01 Å². The number of benzene rings is 2. The lowest BCUT2D eigenvalue weighted by Gasteiger charge is -2.39. The first kappa shape index (κ1) is 20.5. The van der Waals surface area contributed by atoms with Crippen LogP contribution in [0.4, 0.5) is 13.2 Å². The van der Waals surface area contributed by atoms with Crippen molar-refractivity contribution in [1.82, 2.24) is 5.01 Å². The molecule has 0 amide bonds. The van der Waals surface area contributed by atoms with E-state index in [9.17, 15) is 13.2 Å². The van der Waals surface area contributed by atoms with Crippen LogP contribution in [0.1, 0.15) is 36.9 Å². The molecule has 1 saturated heterocycles. The van der Waals surface area contributed by atoms with Crippen molar-refractivity contribution in [2.24, 2.45) is 11.8 Å². The summed E-state index contributed by atoms with van der Waals surface area (Å²) in [6.07, 6.45) is -2.30. The third kappa shape index (κ3) is 5.17. The first-order chi connectivity index (χ1) is 13.4. The minimum absolute atomic E-state index is 0.00313. The first-order valence-electron chi connectivity index (χ1n) is 9.45. The predicted octanol–water partition coefficient (Wildman–Crippen LogP) is 4.85. The molecule has 0 aromatic heterocycles. The molecule has 2 aromatic carbocycles. The number of halogens is 3. The van der Waals surface area contributed by atoms with Gasteiger partial charge in [0.1, 0.15) is 11.5 Å². The Morgan fingerprint density at radius 1 is 1.14 bits per heavy atom. The number of hydrogen-bond donors (Lipinski definition) is 1. The van der Waals surface area contributed by atoms with E-state index in [0.717, 1.165) is 24.9 Å². The van der Waals surface area contributed by atoms with Crippen LogP contribution >= 0.6 is 0 Å². The van der Waals surface area contributed by atoms with Crippen molar-refractivity contribution in [3.63, 3.8) is 0 Å². The average Bonchev–Trinajstić information content (AvgIpc) is 2.63. The number of piperidine rings is 1. The number of hydrazine groups is 1. The van der Waals surface area contributed by atoms with Crippen molar-refractivity contribution in [2.45, 2.75) is 38.6 Å². The van der Waals surface area contributed by atoms with Gasteiger partial charge in [0.2, 0.25) is 0 Å². The van der Waals surface area contributed by atoms with Crippen molar-refractivity contribution in [2.75, 3.05) is 13.2 Å². The number of nitrogens with two attached hydrogens (primary N) is 1. The van der Waals surface area contributed by atoms with Gasteiger partial charge in [-0.15, -0.1) is 13.2 Å². The summed E-state index contributed by atoms with van der Waals surface area (Å²) in [5, 5.41) is 1.83. The van der Waals surface area contributed by atoms with Gasteiger partial charge in [0.15, 0.2) is 0 Å². The Kier molecular flexibility index (Phi) is 6.46. The smallest absolute Gasteiger partial charge is 0.494 e. The largest absolute Gasteiger partial charge is 0.573 e. The summed E-state index contributed by atoms with van der Waals surface area (Å²) in [6.45, 7) is 3.06. The molecule has 0 bridgehead atoms. The number of nitrogens with zero attached hydrogens (tertiary/aromatic N) is 1. The molecule has 1 heterocycles. The van der Waals surface area contributed by atoms with Gasteiger partial charge in [-0.05, 0) is 61.4 Å². The second kappa shape index (κ2) is 8.84. The van der Waals surface area contributed by atoms with Crippen molar-refractivity contribution < 1.29 is 22.6 Å². The molecule has 4 nitrogen and oxygen atoms in total. The number of ether oxygens (including phenoxy) is 2. The molecule has 1 aliphatic rings. The van der Waals surface area contributed by atoms with Gasteiger partial charge in [-0.3, -0.25) is 5.84 Å². The standard InChI is InChI=1S/C21H25F3N2O2/c1-2-27-19-11-10-18(28-21(22,23)24)14-17(19)13-16-9-6-12-26(25)20(16)15-7-4-3-5-8-15/h3-5,7-8,10-11,14,16,20H,2,6,9,12-13,25H2,1H3/t16-,20+/m0/s1. The molecule has 2 atom stereocenters. The summed E-state index contributed by atoms with van der Waals surface area (Å²) >= 11 is 0. The molecule has 7 heteroatoms. The van der Waals surface area contributed by atoms with Gasteiger partial charge in [0.25, 0.3) is 0 Å². The van der Waals surface area contributed by atoms with Gasteiger partial charge < -0.3 is 9.47 Å². The van der Waals surface area contributed by atoms with Crippen molar-refractivity contribution in [3.8, 4) is 11.5 Å². The van der Waals surface area contributed by atoms with Crippen molar-refractivity contribution in [3.05, 3.63) is 59.7 Å². The molecule has 1 aliphatic heterocycles. The van der Waals surface area contributed by atoms with E-state index in [1.54, 1.807) is 6.07 Å². The molecule has 152 valence electrons. The van der Waals surface area contributed by atoms with Gasteiger partial charge in [0.05, 0.1) is 12.6 Å². The van der Waals surface area contributed by atoms with E-state index in [0.29, 0.717) is 24.3 Å². The second-order valence-corrected chi connectivity index (χ2v) is 6.95. The maximum atomic E-state index is 12.6. The van der Waals surface area contributed by atoms with E-state index in [2.05, 4.69) is 4.74 Å². The van der Waals surface area contributed by atoms with E-state index < -0.39 is 6.36 Å².